The second kappa shape index (κ2) is 5.80. The molecule has 0 aromatic rings. The van der Waals surface area contributed by atoms with Crippen LogP contribution < -0.4 is 0 Å². The first kappa shape index (κ1) is 16.6. The summed E-state index contributed by atoms with van der Waals surface area (Å²) in [5, 5.41) is 0. The van der Waals surface area contributed by atoms with Crippen molar-refractivity contribution in [2.24, 2.45) is 17.3 Å². The smallest absolute Gasteiger partial charge is 0.310 e. The van der Waals surface area contributed by atoms with Crippen LogP contribution in [0, 0.1) is 29.6 Å². The number of carbonyl (C=O) groups is 1. The molecule has 2 aliphatic rings. The Labute approximate surface area is 134 Å². The minimum absolute atomic E-state index is 0.0107. The zero-order chi connectivity index (χ0) is 16.7. The molecule has 3 atom stereocenters. The van der Waals surface area contributed by atoms with Crippen LogP contribution in [0.3, 0.4) is 0 Å². The van der Waals surface area contributed by atoms with Crippen LogP contribution in [-0.4, -0.2) is 12.1 Å². The second-order valence-electron chi connectivity index (χ2n) is 7.34. The lowest BCUT2D eigenvalue weighted by Gasteiger charge is -2.14. The van der Waals surface area contributed by atoms with Gasteiger partial charge in [0.1, 0.15) is 6.10 Å². The van der Waals surface area contributed by atoms with Crippen molar-refractivity contribution in [1.82, 2.24) is 0 Å². The molecule has 0 spiro atoms. The summed E-state index contributed by atoms with van der Waals surface area (Å²) in [6, 6.07) is 0. The molecule has 2 rings (SSSR count). The third-order valence-electron chi connectivity index (χ3n) is 5.03. The van der Waals surface area contributed by atoms with E-state index in [-0.39, 0.29) is 29.3 Å². The van der Waals surface area contributed by atoms with E-state index >= 15 is 0 Å². The quantitative estimate of drug-likeness (QED) is 0.436. The molecule has 0 amide bonds. The van der Waals surface area contributed by atoms with Crippen molar-refractivity contribution >= 4 is 5.97 Å². The molecule has 2 aliphatic carbocycles. The molecule has 0 bridgehead atoms. The molecule has 0 heterocycles. The molecule has 0 radical (unpaired) electrons. The fraction of sp³-hybridized carbons (Fsp3) is 0.550. The number of hydrogen-bond donors (Lipinski definition) is 0. The van der Waals surface area contributed by atoms with Gasteiger partial charge in [-0.3, -0.25) is 4.79 Å². The van der Waals surface area contributed by atoms with Crippen LogP contribution in [0.25, 0.3) is 0 Å². The van der Waals surface area contributed by atoms with Gasteiger partial charge in [0, 0.05) is 12.8 Å². The van der Waals surface area contributed by atoms with Gasteiger partial charge in [-0.15, -0.1) is 12.3 Å². The van der Waals surface area contributed by atoms with Gasteiger partial charge in [0.15, 0.2) is 0 Å². The highest BCUT2D eigenvalue weighted by atomic mass is 16.5. The van der Waals surface area contributed by atoms with Gasteiger partial charge < -0.3 is 4.74 Å². The average molecular weight is 298 g/mol. The van der Waals surface area contributed by atoms with E-state index in [1.54, 1.807) is 0 Å². The predicted octanol–water partition coefficient (Wildman–Crippen LogP) is 4.44. The molecule has 0 unspecified atom stereocenters. The molecule has 0 N–H and O–H groups in total. The largest absolute Gasteiger partial charge is 0.457 e. The van der Waals surface area contributed by atoms with E-state index in [0.717, 1.165) is 16.7 Å². The van der Waals surface area contributed by atoms with Gasteiger partial charge in [0.2, 0.25) is 0 Å². The highest BCUT2D eigenvalue weighted by Gasteiger charge is 2.61. The molecule has 118 valence electrons. The average Bonchev–Trinajstić information content (AvgIpc) is 2.83. The van der Waals surface area contributed by atoms with Crippen LogP contribution in [0.5, 0.6) is 0 Å². The van der Waals surface area contributed by atoms with E-state index in [2.05, 4.69) is 46.3 Å². The summed E-state index contributed by atoms with van der Waals surface area (Å²) >= 11 is 0. The Morgan fingerprint density at radius 2 is 2.14 bits per heavy atom. The van der Waals surface area contributed by atoms with Crippen LogP contribution in [0.1, 0.15) is 47.5 Å². The van der Waals surface area contributed by atoms with Gasteiger partial charge in [0.05, 0.1) is 5.92 Å². The zero-order valence-corrected chi connectivity index (χ0v) is 14.3. The zero-order valence-electron chi connectivity index (χ0n) is 14.3. The lowest BCUT2D eigenvalue weighted by molar-refractivity contribution is -0.149. The molecule has 0 aromatic carbocycles. The van der Waals surface area contributed by atoms with Gasteiger partial charge in [-0.1, -0.05) is 32.1 Å². The number of ether oxygens (including phenoxy) is 1. The van der Waals surface area contributed by atoms with Gasteiger partial charge >= 0.3 is 5.97 Å². The Bertz CT molecular complexity index is 606. The van der Waals surface area contributed by atoms with E-state index in [4.69, 9.17) is 11.2 Å². The minimum atomic E-state index is -0.188. The summed E-state index contributed by atoms with van der Waals surface area (Å²) in [5.74, 6) is 2.80. The van der Waals surface area contributed by atoms with E-state index in [0.29, 0.717) is 12.8 Å². The van der Waals surface area contributed by atoms with Gasteiger partial charge in [0.25, 0.3) is 0 Å². The Kier molecular flexibility index (Phi) is 4.38. The van der Waals surface area contributed by atoms with E-state index in [9.17, 15) is 4.79 Å². The van der Waals surface area contributed by atoms with Crippen LogP contribution >= 0.6 is 0 Å². The topological polar surface area (TPSA) is 26.3 Å². The maximum absolute atomic E-state index is 12.5. The standard InChI is InChI=1S/C20H26O2/c1-8-9-15-13(4)11-17(14(15)5)22-19(21)18-16(10-12(2)3)20(18,6)7/h1,10,16-18H,4,9,11H2,2-3,5-7H3/t16-,17+,18+/m0/s1. The third-order valence-corrected chi connectivity index (χ3v) is 5.03. The molecular weight excluding hydrogens is 272 g/mol. The first-order chi connectivity index (χ1) is 10.2. The van der Waals surface area contributed by atoms with E-state index in [1.165, 1.54) is 5.57 Å². The van der Waals surface area contributed by atoms with Crippen molar-refractivity contribution in [3.05, 3.63) is 34.9 Å². The molecule has 1 saturated carbocycles. The van der Waals surface area contributed by atoms with E-state index in [1.807, 2.05) is 6.92 Å². The highest BCUT2D eigenvalue weighted by Crippen LogP contribution is 2.60. The summed E-state index contributed by atoms with van der Waals surface area (Å²) in [7, 11) is 0. The molecule has 22 heavy (non-hydrogen) atoms. The number of allylic oxidation sites excluding steroid dienone is 3. The Hall–Kier alpha value is -1.75. The predicted molar refractivity (Wildman–Crippen MR) is 90.0 cm³/mol. The fourth-order valence-electron chi connectivity index (χ4n) is 3.48. The first-order valence-corrected chi connectivity index (χ1v) is 7.87. The number of esters is 1. The van der Waals surface area contributed by atoms with Crippen molar-refractivity contribution in [2.45, 2.75) is 53.6 Å². The fourth-order valence-corrected chi connectivity index (χ4v) is 3.48. The van der Waals surface area contributed by atoms with Crippen LogP contribution in [0.15, 0.2) is 34.9 Å². The molecule has 2 heteroatoms. The van der Waals surface area contributed by atoms with Crippen LogP contribution in [0.2, 0.25) is 0 Å². The SMILES string of the molecule is C#CCC1=C(C)[C@H](OC(=O)[C@H]2[C@H](C=C(C)C)C2(C)C)CC1=C. The van der Waals surface area contributed by atoms with Crippen molar-refractivity contribution < 1.29 is 9.53 Å². The van der Waals surface area contributed by atoms with Gasteiger partial charge in [-0.2, -0.15) is 0 Å². The minimum Gasteiger partial charge on any atom is -0.457 e. The summed E-state index contributed by atoms with van der Waals surface area (Å²) in [4.78, 5) is 12.5. The third kappa shape index (κ3) is 2.90. The maximum atomic E-state index is 12.5. The Morgan fingerprint density at radius 1 is 1.50 bits per heavy atom. The molecule has 0 aromatic heterocycles. The summed E-state index contributed by atoms with van der Waals surface area (Å²) in [5.41, 5.74) is 4.38. The Balaban J connectivity index is 2.07. The van der Waals surface area contributed by atoms with Crippen molar-refractivity contribution in [3.8, 4) is 12.3 Å². The molecule has 2 nitrogen and oxygen atoms in total. The summed E-state index contributed by atoms with van der Waals surface area (Å²) in [6.07, 6.45) is 8.64. The molecule has 0 aliphatic heterocycles. The second-order valence-corrected chi connectivity index (χ2v) is 7.34. The summed E-state index contributed by atoms with van der Waals surface area (Å²) in [6.45, 7) is 14.4. The Morgan fingerprint density at radius 3 is 2.68 bits per heavy atom. The molecular formula is C20H26O2. The van der Waals surface area contributed by atoms with Crippen LogP contribution in [0.4, 0.5) is 0 Å². The number of terminal acetylenes is 1. The number of hydrogen-bond acceptors (Lipinski definition) is 2. The molecule has 1 fully saturated rings. The van der Waals surface area contributed by atoms with Gasteiger partial charge in [-0.05, 0) is 48.8 Å². The molecule has 0 saturated heterocycles. The summed E-state index contributed by atoms with van der Waals surface area (Å²) < 4.78 is 5.79. The van der Waals surface area contributed by atoms with Gasteiger partial charge in [-0.25, -0.2) is 0 Å². The monoisotopic (exact) mass is 298 g/mol. The maximum Gasteiger partial charge on any atom is 0.310 e. The first-order valence-electron chi connectivity index (χ1n) is 7.87. The lowest BCUT2D eigenvalue weighted by Crippen LogP contribution is -2.20. The van der Waals surface area contributed by atoms with E-state index < -0.39 is 0 Å². The van der Waals surface area contributed by atoms with Crippen LogP contribution in [-0.2, 0) is 9.53 Å². The number of rotatable bonds is 4. The van der Waals surface area contributed by atoms with Crippen molar-refractivity contribution in [1.29, 1.82) is 0 Å². The number of carbonyl (C=O) groups excluding carboxylic acids is 1. The lowest BCUT2D eigenvalue weighted by atomic mass is 10.1. The highest BCUT2D eigenvalue weighted by molar-refractivity contribution is 5.79. The normalized spacial score (nSPS) is 29.1. The van der Waals surface area contributed by atoms with Crippen molar-refractivity contribution in [3.63, 3.8) is 0 Å². The van der Waals surface area contributed by atoms with Crippen molar-refractivity contribution in [2.75, 3.05) is 0 Å².